The van der Waals surface area contributed by atoms with Gasteiger partial charge in [-0.15, -0.1) is 0 Å². The Morgan fingerprint density at radius 1 is 1.14 bits per heavy atom. The van der Waals surface area contributed by atoms with E-state index in [1.807, 2.05) is 13.8 Å². The third-order valence-corrected chi connectivity index (χ3v) is 2.87. The topological polar surface area (TPSA) is 38.3 Å². The molecule has 2 rings (SSSR count). The molecule has 0 fully saturated rings. The zero-order valence-corrected chi connectivity index (χ0v) is 12.4. The van der Waals surface area contributed by atoms with Gasteiger partial charge in [-0.25, -0.2) is 8.78 Å². The molecule has 116 valence electrons. The molecule has 0 aliphatic rings. The monoisotopic (exact) mass is 305 g/mol. The molecule has 0 aliphatic carbocycles. The van der Waals surface area contributed by atoms with Crippen LogP contribution in [0.15, 0.2) is 42.5 Å². The SMILES string of the molecule is CC(C)COc1ccc(NC(=O)c2ccc(F)cc2F)cc1. The number of rotatable bonds is 5. The van der Waals surface area contributed by atoms with Crippen molar-refractivity contribution in [2.24, 2.45) is 5.92 Å². The lowest BCUT2D eigenvalue weighted by Crippen LogP contribution is -2.14. The maximum Gasteiger partial charge on any atom is 0.258 e. The van der Waals surface area contributed by atoms with Crippen molar-refractivity contribution in [1.29, 1.82) is 0 Å². The quantitative estimate of drug-likeness (QED) is 0.896. The molecule has 1 amide bonds. The average molecular weight is 305 g/mol. The highest BCUT2D eigenvalue weighted by Crippen LogP contribution is 2.18. The van der Waals surface area contributed by atoms with Crippen molar-refractivity contribution < 1.29 is 18.3 Å². The molecule has 0 spiro atoms. The average Bonchev–Trinajstić information content (AvgIpc) is 2.46. The van der Waals surface area contributed by atoms with Gasteiger partial charge in [-0.3, -0.25) is 4.79 Å². The first-order valence-electron chi connectivity index (χ1n) is 6.95. The zero-order chi connectivity index (χ0) is 16.1. The fraction of sp³-hybridized carbons (Fsp3) is 0.235. The molecular weight excluding hydrogens is 288 g/mol. The summed E-state index contributed by atoms with van der Waals surface area (Å²) < 4.78 is 31.9. The van der Waals surface area contributed by atoms with Crippen LogP contribution in [-0.4, -0.2) is 12.5 Å². The molecule has 0 radical (unpaired) electrons. The number of benzene rings is 2. The molecule has 0 saturated heterocycles. The largest absolute Gasteiger partial charge is 0.493 e. The summed E-state index contributed by atoms with van der Waals surface area (Å²) in [7, 11) is 0. The molecular formula is C17H17F2NO2. The summed E-state index contributed by atoms with van der Waals surface area (Å²) in [4.78, 5) is 11.9. The molecule has 0 aliphatic heterocycles. The molecule has 0 aromatic heterocycles. The van der Waals surface area contributed by atoms with E-state index in [4.69, 9.17) is 4.74 Å². The molecule has 2 aromatic carbocycles. The standard InChI is InChI=1S/C17H17F2NO2/c1-11(2)10-22-14-6-4-13(5-7-14)20-17(21)15-8-3-12(18)9-16(15)19/h3-9,11H,10H2,1-2H3,(H,20,21). The normalized spacial score (nSPS) is 10.6. The predicted octanol–water partition coefficient (Wildman–Crippen LogP) is 4.25. The van der Waals surface area contributed by atoms with Gasteiger partial charge < -0.3 is 10.1 Å². The number of anilines is 1. The summed E-state index contributed by atoms with van der Waals surface area (Å²) >= 11 is 0. The number of ether oxygens (including phenoxy) is 1. The highest BCUT2D eigenvalue weighted by molar-refractivity contribution is 6.04. The van der Waals surface area contributed by atoms with E-state index in [1.54, 1.807) is 24.3 Å². The van der Waals surface area contributed by atoms with Crippen molar-refractivity contribution in [3.8, 4) is 5.75 Å². The maximum absolute atomic E-state index is 13.5. The van der Waals surface area contributed by atoms with Crippen LogP contribution in [0.25, 0.3) is 0 Å². The third kappa shape index (κ3) is 4.28. The first kappa shape index (κ1) is 15.9. The number of amides is 1. The number of nitrogens with one attached hydrogen (secondary N) is 1. The molecule has 0 unspecified atom stereocenters. The number of halogens is 2. The van der Waals surface area contributed by atoms with Crippen LogP contribution in [0.2, 0.25) is 0 Å². The summed E-state index contributed by atoms with van der Waals surface area (Å²) in [6.45, 7) is 4.70. The van der Waals surface area contributed by atoms with Crippen molar-refractivity contribution in [1.82, 2.24) is 0 Å². The fourth-order valence-corrected chi connectivity index (χ4v) is 1.77. The summed E-state index contributed by atoms with van der Waals surface area (Å²) in [6.07, 6.45) is 0. The second-order valence-electron chi connectivity index (χ2n) is 5.31. The van der Waals surface area contributed by atoms with Crippen molar-refractivity contribution in [3.05, 3.63) is 59.7 Å². The maximum atomic E-state index is 13.5. The second-order valence-corrected chi connectivity index (χ2v) is 5.31. The van der Waals surface area contributed by atoms with Gasteiger partial charge in [0, 0.05) is 11.8 Å². The third-order valence-electron chi connectivity index (χ3n) is 2.87. The Bertz CT molecular complexity index is 654. The predicted molar refractivity (Wildman–Crippen MR) is 81.1 cm³/mol. The molecule has 22 heavy (non-hydrogen) atoms. The second kappa shape index (κ2) is 7.02. The van der Waals surface area contributed by atoms with E-state index in [2.05, 4.69) is 5.32 Å². The van der Waals surface area contributed by atoms with E-state index in [9.17, 15) is 13.6 Å². The lowest BCUT2D eigenvalue weighted by atomic mass is 10.2. The molecule has 5 heteroatoms. The summed E-state index contributed by atoms with van der Waals surface area (Å²) in [5, 5.41) is 2.55. The van der Waals surface area contributed by atoms with Gasteiger partial charge in [0.15, 0.2) is 0 Å². The van der Waals surface area contributed by atoms with Gasteiger partial charge in [-0.1, -0.05) is 13.8 Å². The van der Waals surface area contributed by atoms with Crippen LogP contribution in [0.4, 0.5) is 14.5 Å². The molecule has 0 bridgehead atoms. The van der Waals surface area contributed by atoms with Crippen molar-refractivity contribution in [2.45, 2.75) is 13.8 Å². The smallest absolute Gasteiger partial charge is 0.258 e. The van der Waals surface area contributed by atoms with E-state index >= 15 is 0 Å². The van der Waals surface area contributed by atoms with E-state index in [-0.39, 0.29) is 5.56 Å². The highest BCUT2D eigenvalue weighted by Gasteiger charge is 2.12. The summed E-state index contributed by atoms with van der Waals surface area (Å²) in [5.74, 6) is -1.14. The van der Waals surface area contributed by atoms with Gasteiger partial charge in [0.1, 0.15) is 17.4 Å². The number of hydrogen-bond acceptors (Lipinski definition) is 2. The Labute approximate surface area is 127 Å². The number of hydrogen-bond donors (Lipinski definition) is 1. The minimum atomic E-state index is -0.894. The summed E-state index contributed by atoms with van der Waals surface area (Å²) in [5.41, 5.74) is 0.298. The van der Waals surface area contributed by atoms with Crippen LogP contribution in [0.1, 0.15) is 24.2 Å². The van der Waals surface area contributed by atoms with Crippen LogP contribution in [-0.2, 0) is 0 Å². The van der Waals surface area contributed by atoms with Crippen LogP contribution in [0.3, 0.4) is 0 Å². The molecule has 3 nitrogen and oxygen atoms in total. The Hall–Kier alpha value is -2.43. The van der Waals surface area contributed by atoms with Crippen LogP contribution in [0.5, 0.6) is 5.75 Å². The van der Waals surface area contributed by atoms with E-state index in [0.29, 0.717) is 30.0 Å². The highest BCUT2D eigenvalue weighted by atomic mass is 19.1. The Kier molecular flexibility index (Phi) is 5.09. The molecule has 1 N–H and O–H groups in total. The van der Waals surface area contributed by atoms with Gasteiger partial charge >= 0.3 is 0 Å². The van der Waals surface area contributed by atoms with Crippen molar-refractivity contribution in [2.75, 3.05) is 11.9 Å². The Morgan fingerprint density at radius 3 is 2.41 bits per heavy atom. The molecule has 0 saturated carbocycles. The van der Waals surface area contributed by atoms with Gasteiger partial charge in [0.05, 0.1) is 12.2 Å². The van der Waals surface area contributed by atoms with Crippen molar-refractivity contribution in [3.63, 3.8) is 0 Å². The van der Waals surface area contributed by atoms with Crippen LogP contribution in [0, 0.1) is 17.6 Å². The minimum absolute atomic E-state index is 0.207. The van der Waals surface area contributed by atoms with Gasteiger partial charge in [0.25, 0.3) is 5.91 Å². The summed E-state index contributed by atoms with van der Waals surface area (Å²) in [6, 6.07) is 9.60. The Balaban J connectivity index is 2.02. The zero-order valence-electron chi connectivity index (χ0n) is 12.4. The van der Waals surface area contributed by atoms with E-state index in [1.165, 1.54) is 0 Å². The van der Waals surface area contributed by atoms with Crippen LogP contribution >= 0.6 is 0 Å². The van der Waals surface area contributed by atoms with E-state index < -0.39 is 17.5 Å². The van der Waals surface area contributed by atoms with Crippen LogP contribution < -0.4 is 10.1 Å². The lowest BCUT2D eigenvalue weighted by molar-refractivity contribution is 0.102. The molecule has 2 aromatic rings. The van der Waals surface area contributed by atoms with Gasteiger partial charge in [-0.05, 0) is 42.3 Å². The number of carbonyl (C=O) groups excluding carboxylic acids is 1. The lowest BCUT2D eigenvalue weighted by Gasteiger charge is -2.10. The first-order chi connectivity index (χ1) is 10.5. The fourth-order valence-electron chi connectivity index (χ4n) is 1.77. The molecule has 0 heterocycles. The minimum Gasteiger partial charge on any atom is -0.493 e. The number of carbonyl (C=O) groups is 1. The van der Waals surface area contributed by atoms with Crippen molar-refractivity contribution >= 4 is 11.6 Å². The van der Waals surface area contributed by atoms with E-state index in [0.717, 1.165) is 12.1 Å². The molecule has 0 atom stereocenters. The van der Waals surface area contributed by atoms with Gasteiger partial charge in [0.2, 0.25) is 0 Å². The Morgan fingerprint density at radius 2 is 1.82 bits per heavy atom. The van der Waals surface area contributed by atoms with Gasteiger partial charge in [-0.2, -0.15) is 0 Å². The first-order valence-corrected chi connectivity index (χ1v) is 6.95.